The van der Waals surface area contributed by atoms with Crippen molar-refractivity contribution in [2.75, 3.05) is 25.0 Å². The Balaban J connectivity index is 1.38. The van der Waals surface area contributed by atoms with Crippen LogP contribution >= 0.6 is 0 Å². The van der Waals surface area contributed by atoms with E-state index in [1.807, 2.05) is 35.2 Å². The monoisotopic (exact) mass is 369 g/mol. The van der Waals surface area contributed by atoms with Crippen molar-refractivity contribution < 1.29 is 9.59 Å². The first-order valence-corrected chi connectivity index (χ1v) is 10.6. The fourth-order valence-electron chi connectivity index (χ4n) is 5.22. The van der Waals surface area contributed by atoms with Crippen molar-refractivity contribution >= 4 is 17.6 Å². The molecule has 3 unspecified atom stereocenters. The SMILES string of the molecule is O=C(Nc1ccccc1)N1CCCC(C(=O)N2CCCC3CCCCC32)C1. The molecule has 0 aromatic heterocycles. The number of amides is 3. The lowest BCUT2D eigenvalue weighted by Gasteiger charge is -2.46. The Morgan fingerprint density at radius 1 is 0.889 bits per heavy atom. The van der Waals surface area contributed by atoms with Crippen molar-refractivity contribution in [3.63, 3.8) is 0 Å². The van der Waals surface area contributed by atoms with Gasteiger partial charge in [0.25, 0.3) is 0 Å². The molecule has 0 spiro atoms. The Morgan fingerprint density at radius 2 is 1.63 bits per heavy atom. The summed E-state index contributed by atoms with van der Waals surface area (Å²) in [7, 11) is 0. The van der Waals surface area contributed by atoms with E-state index in [9.17, 15) is 9.59 Å². The van der Waals surface area contributed by atoms with Gasteiger partial charge in [-0.1, -0.05) is 31.0 Å². The lowest BCUT2D eigenvalue weighted by atomic mass is 9.77. The first-order valence-electron chi connectivity index (χ1n) is 10.6. The van der Waals surface area contributed by atoms with Crippen LogP contribution < -0.4 is 5.32 Å². The fourth-order valence-corrected chi connectivity index (χ4v) is 5.22. The minimum atomic E-state index is -0.0899. The molecule has 3 fully saturated rings. The van der Waals surface area contributed by atoms with Crippen molar-refractivity contribution in [3.05, 3.63) is 30.3 Å². The highest BCUT2D eigenvalue weighted by Gasteiger charge is 2.39. The zero-order chi connectivity index (χ0) is 18.6. The van der Waals surface area contributed by atoms with Gasteiger partial charge in [-0.05, 0) is 56.6 Å². The number of fused-ring (bicyclic) bond motifs is 1. The number of likely N-dealkylation sites (tertiary alicyclic amines) is 2. The van der Waals surface area contributed by atoms with Gasteiger partial charge in [0.2, 0.25) is 5.91 Å². The van der Waals surface area contributed by atoms with Gasteiger partial charge >= 0.3 is 6.03 Å². The third-order valence-electron chi connectivity index (χ3n) is 6.61. The standard InChI is InChI=1S/C22H31N3O2/c26-21(25-15-7-9-17-8-4-5-13-20(17)25)18-10-6-14-24(16-18)22(27)23-19-11-2-1-3-12-19/h1-3,11-12,17-18,20H,4-10,13-16H2,(H,23,27). The van der Waals surface area contributed by atoms with E-state index < -0.39 is 0 Å². The minimum Gasteiger partial charge on any atom is -0.339 e. The smallest absolute Gasteiger partial charge is 0.321 e. The maximum Gasteiger partial charge on any atom is 0.321 e. The van der Waals surface area contributed by atoms with Crippen LogP contribution in [0.25, 0.3) is 0 Å². The van der Waals surface area contributed by atoms with Gasteiger partial charge in [0.05, 0.1) is 5.92 Å². The highest BCUT2D eigenvalue weighted by atomic mass is 16.2. The van der Waals surface area contributed by atoms with Crippen LogP contribution in [0.15, 0.2) is 30.3 Å². The molecule has 2 heterocycles. The molecule has 3 atom stereocenters. The van der Waals surface area contributed by atoms with Crippen LogP contribution in [-0.2, 0) is 4.79 Å². The fraction of sp³-hybridized carbons (Fsp3) is 0.636. The number of carbonyl (C=O) groups excluding carboxylic acids is 2. The summed E-state index contributed by atoms with van der Waals surface area (Å²) in [6, 6.07) is 9.90. The van der Waals surface area contributed by atoms with E-state index in [1.165, 1.54) is 32.1 Å². The number of urea groups is 1. The molecule has 1 aromatic carbocycles. The Morgan fingerprint density at radius 3 is 2.48 bits per heavy atom. The number of nitrogens with one attached hydrogen (secondary N) is 1. The zero-order valence-corrected chi connectivity index (χ0v) is 16.1. The highest BCUT2D eigenvalue weighted by Crippen LogP contribution is 2.36. The number of hydrogen-bond donors (Lipinski definition) is 1. The Kier molecular flexibility index (Phi) is 5.65. The van der Waals surface area contributed by atoms with Gasteiger partial charge in [0.15, 0.2) is 0 Å². The van der Waals surface area contributed by atoms with Crippen molar-refractivity contribution in [1.29, 1.82) is 0 Å². The summed E-state index contributed by atoms with van der Waals surface area (Å²) in [5, 5.41) is 2.96. The molecular formula is C22H31N3O2. The van der Waals surface area contributed by atoms with Crippen molar-refractivity contribution in [2.24, 2.45) is 11.8 Å². The van der Waals surface area contributed by atoms with Gasteiger partial charge in [-0.3, -0.25) is 4.79 Å². The van der Waals surface area contributed by atoms with Gasteiger partial charge in [-0.15, -0.1) is 0 Å². The molecule has 3 amide bonds. The summed E-state index contributed by atoms with van der Waals surface area (Å²) in [6.07, 6.45) is 9.25. The molecule has 1 aliphatic carbocycles. The lowest BCUT2D eigenvalue weighted by Crippen LogP contribution is -2.54. The predicted molar refractivity (Wildman–Crippen MR) is 106 cm³/mol. The molecule has 146 valence electrons. The first-order chi connectivity index (χ1) is 13.2. The van der Waals surface area contributed by atoms with Gasteiger partial charge < -0.3 is 15.1 Å². The van der Waals surface area contributed by atoms with E-state index in [2.05, 4.69) is 10.2 Å². The molecule has 4 rings (SSSR count). The largest absolute Gasteiger partial charge is 0.339 e. The maximum atomic E-state index is 13.3. The number of nitrogens with zero attached hydrogens (tertiary/aromatic N) is 2. The van der Waals surface area contributed by atoms with Gasteiger partial charge in [-0.25, -0.2) is 4.79 Å². The number of hydrogen-bond acceptors (Lipinski definition) is 2. The lowest BCUT2D eigenvalue weighted by molar-refractivity contribution is -0.143. The summed E-state index contributed by atoms with van der Waals surface area (Å²) < 4.78 is 0. The number of para-hydroxylation sites is 1. The Hall–Kier alpha value is -2.04. The molecule has 1 saturated carbocycles. The molecular weight excluding hydrogens is 338 g/mol. The molecule has 27 heavy (non-hydrogen) atoms. The van der Waals surface area contributed by atoms with Gasteiger partial charge in [0.1, 0.15) is 0 Å². The first kappa shape index (κ1) is 18.3. The van der Waals surface area contributed by atoms with Crippen LogP contribution in [0.1, 0.15) is 51.4 Å². The molecule has 3 aliphatic rings. The Bertz CT molecular complexity index is 661. The van der Waals surface area contributed by atoms with E-state index in [4.69, 9.17) is 0 Å². The summed E-state index contributed by atoms with van der Waals surface area (Å²) in [4.78, 5) is 29.9. The number of rotatable bonds is 2. The quantitative estimate of drug-likeness (QED) is 0.853. The summed E-state index contributed by atoms with van der Waals surface area (Å²) >= 11 is 0. The second kappa shape index (κ2) is 8.32. The van der Waals surface area contributed by atoms with E-state index in [1.54, 1.807) is 0 Å². The van der Waals surface area contributed by atoms with E-state index in [-0.39, 0.29) is 11.9 Å². The average molecular weight is 370 g/mol. The van der Waals surface area contributed by atoms with Gasteiger partial charge in [0, 0.05) is 31.4 Å². The number of carbonyl (C=O) groups is 2. The molecule has 5 nitrogen and oxygen atoms in total. The van der Waals surface area contributed by atoms with Crippen LogP contribution in [0.4, 0.5) is 10.5 Å². The highest BCUT2D eigenvalue weighted by molar-refractivity contribution is 5.90. The third kappa shape index (κ3) is 4.12. The molecule has 2 aliphatic heterocycles. The van der Waals surface area contributed by atoms with E-state index in [0.29, 0.717) is 24.4 Å². The van der Waals surface area contributed by atoms with E-state index in [0.717, 1.165) is 38.0 Å². The minimum absolute atomic E-state index is 0.0408. The van der Waals surface area contributed by atoms with Crippen molar-refractivity contribution in [3.8, 4) is 0 Å². The third-order valence-corrected chi connectivity index (χ3v) is 6.61. The van der Waals surface area contributed by atoms with E-state index >= 15 is 0 Å². The number of anilines is 1. The van der Waals surface area contributed by atoms with Crippen LogP contribution in [0.2, 0.25) is 0 Å². The van der Waals surface area contributed by atoms with Crippen LogP contribution in [0, 0.1) is 11.8 Å². The van der Waals surface area contributed by atoms with Crippen LogP contribution in [-0.4, -0.2) is 47.4 Å². The molecule has 2 saturated heterocycles. The van der Waals surface area contributed by atoms with Crippen molar-refractivity contribution in [2.45, 2.75) is 57.4 Å². The topological polar surface area (TPSA) is 52.7 Å². The summed E-state index contributed by atoms with van der Waals surface area (Å²) in [5.74, 6) is 0.960. The second-order valence-corrected chi connectivity index (χ2v) is 8.37. The number of piperidine rings is 2. The van der Waals surface area contributed by atoms with Gasteiger partial charge in [-0.2, -0.15) is 0 Å². The molecule has 1 aromatic rings. The second-order valence-electron chi connectivity index (χ2n) is 8.37. The summed E-state index contributed by atoms with van der Waals surface area (Å²) in [6.45, 7) is 2.19. The number of benzene rings is 1. The predicted octanol–water partition coefficient (Wildman–Crippen LogP) is 4.11. The zero-order valence-electron chi connectivity index (χ0n) is 16.1. The average Bonchev–Trinajstić information content (AvgIpc) is 2.73. The normalized spacial score (nSPS) is 28.4. The van der Waals surface area contributed by atoms with Crippen LogP contribution in [0.3, 0.4) is 0 Å². The molecule has 5 heteroatoms. The maximum absolute atomic E-state index is 13.3. The van der Waals surface area contributed by atoms with Crippen molar-refractivity contribution in [1.82, 2.24) is 9.80 Å². The van der Waals surface area contributed by atoms with Crippen LogP contribution in [0.5, 0.6) is 0 Å². The Labute approximate surface area is 162 Å². The molecule has 0 radical (unpaired) electrons. The summed E-state index contributed by atoms with van der Waals surface area (Å²) in [5.41, 5.74) is 0.803. The molecule has 1 N–H and O–H groups in total. The molecule has 0 bridgehead atoms.